The van der Waals surface area contributed by atoms with E-state index in [-0.39, 0.29) is 17.9 Å². The third kappa shape index (κ3) is 1.26. The van der Waals surface area contributed by atoms with Crippen LogP contribution in [-0.4, -0.2) is 27.4 Å². The molecule has 0 radical (unpaired) electrons. The highest BCUT2D eigenvalue weighted by molar-refractivity contribution is 5.89. The second kappa shape index (κ2) is 3.57. The lowest BCUT2D eigenvalue weighted by molar-refractivity contribution is -0.158. The van der Waals surface area contributed by atoms with E-state index in [0.717, 1.165) is 5.56 Å². The number of carbonyl (C=O) groups excluding carboxylic acids is 1. The first-order valence-corrected chi connectivity index (χ1v) is 6.14. The Morgan fingerprint density at radius 2 is 1.89 bits per heavy atom. The van der Waals surface area contributed by atoms with Gasteiger partial charge in [-0.2, -0.15) is 0 Å². The summed E-state index contributed by atoms with van der Waals surface area (Å²) in [5.41, 5.74) is 0.0927. The van der Waals surface area contributed by atoms with Gasteiger partial charge in [0.15, 0.2) is 0 Å². The summed E-state index contributed by atoms with van der Waals surface area (Å²) >= 11 is 0. The molecular formula is C14H15NO3. The SMILES string of the molecule is CC(=O)N1C(c2ccccc2)C2CC1(C(=O)O)C2. The van der Waals surface area contributed by atoms with Gasteiger partial charge in [-0.1, -0.05) is 30.3 Å². The molecule has 4 rings (SSSR count). The molecule has 1 amide bonds. The molecule has 1 atom stereocenters. The fourth-order valence-corrected chi connectivity index (χ4v) is 3.55. The van der Waals surface area contributed by atoms with Crippen LogP contribution in [-0.2, 0) is 9.59 Å². The lowest BCUT2D eigenvalue weighted by atomic mass is 9.71. The minimum absolute atomic E-state index is 0.0696. The second-order valence-electron chi connectivity index (χ2n) is 5.25. The summed E-state index contributed by atoms with van der Waals surface area (Å²) in [6.45, 7) is 1.46. The molecule has 4 heteroatoms. The van der Waals surface area contributed by atoms with Crippen LogP contribution in [0.4, 0.5) is 0 Å². The third-order valence-electron chi connectivity index (χ3n) is 4.26. The molecule has 2 bridgehead atoms. The molecule has 1 aromatic rings. The van der Waals surface area contributed by atoms with Crippen LogP contribution >= 0.6 is 0 Å². The van der Waals surface area contributed by atoms with Crippen LogP contribution in [0.25, 0.3) is 0 Å². The molecule has 0 spiro atoms. The number of hydrogen-bond acceptors (Lipinski definition) is 2. The van der Waals surface area contributed by atoms with E-state index < -0.39 is 11.5 Å². The van der Waals surface area contributed by atoms with Gasteiger partial charge in [0.25, 0.3) is 0 Å². The van der Waals surface area contributed by atoms with Crippen molar-refractivity contribution < 1.29 is 14.7 Å². The minimum Gasteiger partial charge on any atom is -0.479 e. The van der Waals surface area contributed by atoms with Gasteiger partial charge >= 0.3 is 5.97 Å². The molecule has 0 aromatic heterocycles. The lowest BCUT2D eigenvalue weighted by Gasteiger charge is -2.37. The zero-order valence-corrected chi connectivity index (χ0v) is 10.2. The first-order chi connectivity index (χ1) is 8.56. The molecule has 1 saturated carbocycles. The molecular weight excluding hydrogens is 230 g/mol. The molecule has 1 aliphatic carbocycles. The average molecular weight is 245 g/mol. The van der Waals surface area contributed by atoms with E-state index in [9.17, 15) is 14.7 Å². The quantitative estimate of drug-likeness (QED) is 0.864. The van der Waals surface area contributed by atoms with Gasteiger partial charge in [-0.3, -0.25) is 4.79 Å². The van der Waals surface area contributed by atoms with Gasteiger partial charge in [0.2, 0.25) is 5.91 Å². The molecule has 3 aliphatic rings. The maximum absolute atomic E-state index is 11.8. The summed E-state index contributed by atoms with van der Waals surface area (Å²) in [6.07, 6.45) is 1.17. The Labute approximate surface area is 105 Å². The van der Waals surface area contributed by atoms with Gasteiger partial charge in [-0.15, -0.1) is 0 Å². The van der Waals surface area contributed by atoms with Crippen LogP contribution in [0.2, 0.25) is 0 Å². The second-order valence-corrected chi connectivity index (χ2v) is 5.25. The van der Waals surface area contributed by atoms with Crippen molar-refractivity contribution in [3.63, 3.8) is 0 Å². The van der Waals surface area contributed by atoms with Gasteiger partial charge < -0.3 is 10.0 Å². The molecule has 18 heavy (non-hydrogen) atoms. The first kappa shape index (κ1) is 11.3. The van der Waals surface area contributed by atoms with E-state index >= 15 is 0 Å². The number of benzene rings is 1. The third-order valence-corrected chi connectivity index (χ3v) is 4.26. The largest absolute Gasteiger partial charge is 0.479 e. The molecule has 2 heterocycles. The number of carboxylic acids is 1. The molecule has 4 nitrogen and oxygen atoms in total. The highest BCUT2D eigenvalue weighted by Gasteiger charge is 2.67. The Morgan fingerprint density at radius 1 is 1.28 bits per heavy atom. The maximum atomic E-state index is 11.8. The predicted octanol–water partition coefficient (Wildman–Crippen LogP) is 1.82. The summed E-state index contributed by atoms with van der Waals surface area (Å²) in [4.78, 5) is 24.9. The van der Waals surface area contributed by atoms with Crippen LogP contribution in [0, 0.1) is 5.92 Å². The highest BCUT2D eigenvalue weighted by Crippen LogP contribution is 2.60. The normalized spacial score (nSPS) is 33.1. The van der Waals surface area contributed by atoms with E-state index in [0.29, 0.717) is 12.8 Å². The van der Waals surface area contributed by atoms with Crippen LogP contribution in [0.5, 0.6) is 0 Å². The number of hydrogen-bond donors (Lipinski definition) is 1. The van der Waals surface area contributed by atoms with Gasteiger partial charge in [0.1, 0.15) is 5.54 Å². The molecule has 2 saturated heterocycles. The Bertz CT molecular complexity index is 505. The molecule has 1 unspecified atom stereocenters. The Morgan fingerprint density at radius 3 is 2.39 bits per heavy atom. The lowest BCUT2D eigenvalue weighted by Crippen LogP contribution is -2.54. The van der Waals surface area contributed by atoms with Crippen molar-refractivity contribution in [1.82, 2.24) is 4.90 Å². The number of amides is 1. The van der Waals surface area contributed by atoms with Crippen molar-refractivity contribution in [2.75, 3.05) is 0 Å². The summed E-state index contributed by atoms with van der Waals surface area (Å²) in [6, 6.07) is 9.65. The van der Waals surface area contributed by atoms with E-state index in [1.807, 2.05) is 30.3 Å². The van der Waals surface area contributed by atoms with Crippen molar-refractivity contribution in [2.24, 2.45) is 5.92 Å². The van der Waals surface area contributed by atoms with Crippen LogP contribution in [0.15, 0.2) is 30.3 Å². The predicted molar refractivity (Wildman–Crippen MR) is 64.8 cm³/mol. The number of carbonyl (C=O) groups is 2. The molecule has 2 aliphatic heterocycles. The smallest absolute Gasteiger partial charge is 0.329 e. The van der Waals surface area contributed by atoms with Gasteiger partial charge in [-0.05, 0) is 24.3 Å². The van der Waals surface area contributed by atoms with E-state index in [2.05, 4.69) is 0 Å². The fourth-order valence-electron chi connectivity index (χ4n) is 3.55. The van der Waals surface area contributed by atoms with Crippen molar-refractivity contribution in [1.29, 1.82) is 0 Å². The zero-order valence-electron chi connectivity index (χ0n) is 10.2. The van der Waals surface area contributed by atoms with Gasteiger partial charge in [0, 0.05) is 6.92 Å². The standard InChI is InChI=1S/C14H15NO3/c1-9(16)15-12(10-5-3-2-4-6-10)11-7-14(15,8-11)13(17)18/h2-6,11-12H,7-8H2,1H3,(H,17,18). The molecule has 1 N–H and O–H groups in total. The van der Waals surface area contributed by atoms with Crippen LogP contribution < -0.4 is 0 Å². The van der Waals surface area contributed by atoms with E-state index in [4.69, 9.17) is 0 Å². The number of nitrogens with zero attached hydrogens (tertiary/aromatic N) is 1. The van der Waals surface area contributed by atoms with Gasteiger partial charge in [-0.25, -0.2) is 4.79 Å². The summed E-state index contributed by atoms with van der Waals surface area (Å²) in [7, 11) is 0. The van der Waals surface area contributed by atoms with Crippen LogP contribution in [0.1, 0.15) is 31.4 Å². The zero-order chi connectivity index (χ0) is 12.9. The first-order valence-electron chi connectivity index (χ1n) is 6.14. The fraction of sp³-hybridized carbons (Fsp3) is 0.429. The summed E-state index contributed by atoms with van der Waals surface area (Å²) < 4.78 is 0. The van der Waals surface area contributed by atoms with Crippen molar-refractivity contribution in [2.45, 2.75) is 31.3 Å². The van der Waals surface area contributed by atoms with E-state index in [1.165, 1.54) is 6.92 Å². The molecule has 94 valence electrons. The highest BCUT2D eigenvalue weighted by atomic mass is 16.4. The average Bonchev–Trinajstić information content (AvgIpc) is 2.80. The number of carboxylic acid groups (broad SMARTS) is 1. The maximum Gasteiger partial charge on any atom is 0.329 e. The Hall–Kier alpha value is -1.84. The monoisotopic (exact) mass is 245 g/mol. The van der Waals surface area contributed by atoms with Crippen molar-refractivity contribution in [3.05, 3.63) is 35.9 Å². The summed E-state index contributed by atoms with van der Waals surface area (Å²) in [5.74, 6) is -0.731. The number of aliphatic carboxylic acids is 1. The summed E-state index contributed by atoms with van der Waals surface area (Å²) in [5, 5.41) is 9.40. The molecule has 1 aromatic carbocycles. The Kier molecular flexibility index (Phi) is 2.24. The van der Waals surface area contributed by atoms with Crippen LogP contribution in [0.3, 0.4) is 0 Å². The topological polar surface area (TPSA) is 57.6 Å². The van der Waals surface area contributed by atoms with E-state index in [1.54, 1.807) is 4.90 Å². The molecule has 3 fully saturated rings. The Balaban J connectivity index is 2.03. The van der Waals surface area contributed by atoms with Crippen molar-refractivity contribution in [3.8, 4) is 0 Å². The number of rotatable bonds is 2. The van der Waals surface area contributed by atoms with Gasteiger partial charge in [0.05, 0.1) is 6.04 Å². The number of fused-ring (bicyclic) bond motifs is 1. The minimum atomic E-state index is -0.947. The van der Waals surface area contributed by atoms with Crippen molar-refractivity contribution >= 4 is 11.9 Å².